The van der Waals surface area contributed by atoms with Crippen LogP contribution in [0.4, 0.5) is 0 Å². The number of aliphatic hydroxyl groups is 1. The first-order chi connectivity index (χ1) is 14.6. The lowest BCUT2D eigenvalue weighted by Gasteiger charge is -2.62. The standard InChI is InChI=1S/C26H41NO4/c1-16-7-10-26(28)13-18-17-14-29-19(17)8-9-24(18,4)22-21(20(16)23(26,2)3)30-25(5,31-22)15-27-11-6-12-27/h17-19,21-22,28H,6-15H2,1-5H3/t17?,18?,19-,21-,22-,24-,25?,26-/m1/s1. The molecule has 6 rings (SSSR count). The molecule has 0 radical (unpaired) electrons. The molecule has 5 fully saturated rings. The van der Waals surface area contributed by atoms with Crippen molar-refractivity contribution >= 4 is 0 Å². The zero-order valence-corrected chi connectivity index (χ0v) is 20.1. The summed E-state index contributed by atoms with van der Waals surface area (Å²) in [4.78, 5) is 2.46. The molecule has 5 heteroatoms. The molecule has 6 aliphatic rings. The lowest BCUT2D eigenvalue weighted by Crippen LogP contribution is -2.65. The molecule has 2 saturated carbocycles. The van der Waals surface area contributed by atoms with E-state index in [1.165, 1.54) is 17.6 Å². The molecular formula is C26H41NO4. The maximum absolute atomic E-state index is 12.2. The molecular weight excluding hydrogens is 390 g/mol. The Bertz CT molecular complexity index is 805. The fourth-order valence-electron chi connectivity index (χ4n) is 8.23. The van der Waals surface area contributed by atoms with Crippen LogP contribution in [-0.4, -0.2) is 65.9 Å². The predicted octanol–water partition coefficient (Wildman–Crippen LogP) is 3.89. The van der Waals surface area contributed by atoms with Crippen LogP contribution < -0.4 is 0 Å². The number of hydrogen-bond acceptors (Lipinski definition) is 5. The molecule has 3 aliphatic heterocycles. The molecule has 5 nitrogen and oxygen atoms in total. The van der Waals surface area contributed by atoms with Gasteiger partial charge in [0.1, 0.15) is 6.10 Å². The molecule has 1 N–H and O–H groups in total. The lowest BCUT2D eigenvalue weighted by atomic mass is 9.47. The van der Waals surface area contributed by atoms with Crippen molar-refractivity contribution in [2.24, 2.45) is 22.7 Å². The van der Waals surface area contributed by atoms with Gasteiger partial charge in [0, 0.05) is 16.7 Å². The van der Waals surface area contributed by atoms with E-state index in [-0.39, 0.29) is 23.0 Å². The van der Waals surface area contributed by atoms with Crippen LogP contribution in [0.2, 0.25) is 0 Å². The second kappa shape index (κ2) is 6.56. The number of allylic oxidation sites excluding steroid dienone is 1. The second-order valence-electron chi connectivity index (χ2n) is 12.6. The molecule has 0 amide bonds. The topological polar surface area (TPSA) is 51.2 Å². The van der Waals surface area contributed by atoms with E-state index in [4.69, 9.17) is 14.2 Å². The summed E-state index contributed by atoms with van der Waals surface area (Å²) >= 11 is 0. The van der Waals surface area contributed by atoms with Crippen molar-refractivity contribution in [2.75, 3.05) is 26.2 Å². The second-order valence-corrected chi connectivity index (χ2v) is 12.6. The first-order valence-electron chi connectivity index (χ1n) is 12.7. The van der Waals surface area contributed by atoms with Gasteiger partial charge in [0.05, 0.1) is 31.0 Å². The molecule has 3 unspecified atom stereocenters. The highest BCUT2D eigenvalue weighted by atomic mass is 16.8. The van der Waals surface area contributed by atoms with E-state index in [1.807, 2.05) is 0 Å². The maximum atomic E-state index is 12.2. The Hall–Kier alpha value is -0.460. The highest BCUT2D eigenvalue weighted by Gasteiger charge is 2.67. The fourth-order valence-corrected chi connectivity index (χ4v) is 8.23. The van der Waals surface area contributed by atoms with Gasteiger partial charge in [0.25, 0.3) is 0 Å². The van der Waals surface area contributed by atoms with E-state index in [1.54, 1.807) is 0 Å². The SMILES string of the molecule is CC1=C2[C@H]3OC(C)(CN4CCC4)O[C@H]3[C@]3(C)CC[C@H]4OCC4C3C[C@](O)(CC1)C2(C)C. The van der Waals surface area contributed by atoms with Crippen molar-refractivity contribution in [3.8, 4) is 0 Å². The van der Waals surface area contributed by atoms with Gasteiger partial charge in [-0.05, 0) is 77.0 Å². The summed E-state index contributed by atoms with van der Waals surface area (Å²) in [5, 5.41) is 12.2. The summed E-state index contributed by atoms with van der Waals surface area (Å²) in [5.74, 6) is 0.366. The zero-order chi connectivity index (χ0) is 21.8. The third-order valence-corrected chi connectivity index (χ3v) is 10.5. The van der Waals surface area contributed by atoms with Gasteiger partial charge in [-0.1, -0.05) is 26.3 Å². The number of ether oxygens (including phenoxy) is 3. The van der Waals surface area contributed by atoms with Gasteiger partial charge in [-0.15, -0.1) is 0 Å². The molecule has 3 aliphatic carbocycles. The van der Waals surface area contributed by atoms with E-state index in [2.05, 4.69) is 39.5 Å². The van der Waals surface area contributed by atoms with Gasteiger partial charge in [0.15, 0.2) is 5.79 Å². The van der Waals surface area contributed by atoms with Crippen LogP contribution in [-0.2, 0) is 14.2 Å². The third-order valence-electron chi connectivity index (χ3n) is 10.5. The average molecular weight is 432 g/mol. The Balaban J connectivity index is 1.47. The molecule has 0 aromatic heterocycles. The summed E-state index contributed by atoms with van der Waals surface area (Å²) in [7, 11) is 0. The minimum atomic E-state index is -0.698. The highest BCUT2D eigenvalue weighted by Crippen LogP contribution is 2.64. The summed E-state index contributed by atoms with van der Waals surface area (Å²) in [5.41, 5.74) is 1.71. The summed E-state index contributed by atoms with van der Waals surface area (Å²) in [6.07, 6.45) is 6.47. The molecule has 0 aromatic rings. The van der Waals surface area contributed by atoms with E-state index in [0.717, 1.165) is 58.3 Å². The Morgan fingerprint density at radius 3 is 2.52 bits per heavy atom. The number of hydrogen-bond donors (Lipinski definition) is 1. The Kier molecular flexibility index (Phi) is 4.47. The van der Waals surface area contributed by atoms with Crippen LogP contribution in [0.1, 0.15) is 73.1 Å². The van der Waals surface area contributed by atoms with Crippen LogP contribution in [0.3, 0.4) is 0 Å². The van der Waals surface area contributed by atoms with E-state index in [9.17, 15) is 5.11 Å². The van der Waals surface area contributed by atoms with Gasteiger partial charge in [-0.2, -0.15) is 0 Å². The third kappa shape index (κ3) is 2.79. The van der Waals surface area contributed by atoms with Crippen molar-refractivity contribution in [3.63, 3.8) is 0 Å². The molecule has 8 atom stereocenters. The van der Waals surface area contributed by atoms with Crippen LogP contribution in [0, 0.1) is 22.7 Å². The molecule has 0 spiro atoms. The van der Waals surface area contributed by atoms with Gasteiger partial charge >= 0.3 is 0 Å². The largest absolute Gasteiger partial charge is 0.389 e. The Morgan fingerprint density at radius 2 is 1.87 bits per heavy atom. The predicted molar refractivity (Wildman–Crippen MR) is 119 cm³/mol. The Morgan fingerprint density at radius 1 is 1.10 bits per heavy atom. The van der Waals surface area contributed by atoms with Crippen molar-refractivity contribution in [1.29, 1.82) is 0 Å². The minimum absolute atomic E-state index is 0.00430. The first kappa shape index (κ1) is 21.1. The minimum Gasteiger partial charge on any atom is -0.389 e. The van der Waals surface area contributed by atoms with E-state index >= 15 is 0 Å². The zero-order valence-electron chi connectivity index (χ0n) is 20.1. The molecule has 3 heterocycles. The summed E-state index contributed by atoms with van der Waals surface area (Å²) in [6.45, 7) is 15.4. The first-order valence-corrected chi connectivity index (χ1v) is 12.7. The van der Waals surface area contributed by atoms with Gasteiger partial charge < -0.3 is 19.3 Å². The van der Waals surface area contributed by atoms with E-state index in [0.29, 0.717) is 17.9 Å². The maximum Gasteiger partial charge on any atom is 0.179 e. The number of nitrogens with zero attached hydrogens (tertiary/aromatic N) is 1. The smallest absolute Gasteiger partial charge is 0.179 e. The van der Waals surface area contributed by atoms with Crippen LogP contribution in [0.5, 0.6) is 0 Å². The van der Waals surface area contributed by atoms with Crippen LogP contribution in [0.25, 0.3) is 0 Å². The lowest BCUT2D eigenvalue weighted by molar-refractivity contribution is -0.241. The summed E-state index contributed by atoms with van der Waals surface area (Å²) < 4.78 is 19.9. The number of likely N-dealkylation sites (tertiary alicyclic amines) is 1. The number of rotatable bonds is 2. The van der Waals surface area contributed by atoms with Gasteiger partial charge in [-0.3, -0.25) is 4.90 Å². The highest BCUT2D eigenvalue weighted by molar-refractivity contribution is 5.36. The van der Waals surface area contributed by atoms with Crippen molar-refractivity contribution in [3.05, 3.63) is 11.1 Å². The van der Waals surface area contributed by atoms with Crippen molar-refractivity contribution in [1.82, 2.24) is 4.90 Å². The molecule has 3 saturated heterocycles. The van der Waals surface area contributed by atoms with Gasteiger partial charge in [0.2, 0.25) is 0 Å². The molecule has 0 aromatic carbocycles. The monoisotopic (exact) mass is 431 g/mol. The molecule has 174 valence electrons. The van der Waals surface area contributed by atoms with Crippen LogP contribution in [0.15, 0.2) is 11.1 Å². The van der Waals surface area contributed by atoms with Crippen LogP contribution >= 0.6 is 0 Å². The van der Waals surface area contributed by atoms with Gasteiger partial charge in [-0.25, -0.2) is 0 Å². The average Bonchev–Trinajstić information content (AvgIpc) is 2.97. The van der Waals surface area contributed by atoms with Crippen molar-refractivity contribution in [2.45, 2.75) is 103 Å². The quantitative estimate of drug-likeness (QED) is 0.672. The normalized spacial score (nSPS) is 53.4. The molecule has 31 heavy (non-hydrogen) atoms. The fraction of sp³-hybridized carbons (Fsp3) is 0.923. The van der Waals surface area contributed by atoms with Crippen molar-refractivity contribution < 1.29 is 19.3 Å². The molecule has 2 bridgehead atoms. The summed E-state index contributed by atoms with van der Waals surface area (Å²) in [6, 6.07) is 0. The number of fused-ring (bicyclic) bond motifs is 8. The Labute approximate surface area is 187 Å². The van der Waals surface area contributed by atoms with E-state index < -0.39 is 11.4 Å².